The molecule has 0 amide bonds. The molecule has 1 N–H and O–H groups in total. The van der Waals surface area contributed by atoms with Gasteiger partial charge in [0.25, 0.3) is 0 Å². The molecule has 4 rings (SSSR count). The minimum Gasteiger partial charge on any atom is -0.459 e. The molecule has 3 heterocycles. The van der Waals surface area contributed by atoms with Gasteiger partial charge >= 0.3 is 0 Å². The molecule has 0 saturated carbocycles. The monoisotopic (exact) mass is 367 g/mol. The van der Waals surface area contributed by atoms with Crippen molar-refractivity contribution in [3.05, 3.63) is 53.6 Å². The van der Waals surface area contributed by atoms with Crippen LogP contribution in [0.4, 0.5) is 0 Å². The Balaban J connectivity index is 1.33. The van der Waals surface area contributed by atoms with Crippen LogP contribution in [0, 0.1) is 6.92 Å². The number of rotatable bonds is 4. The Morgan fingerprint density at radius 1 is 1.19 bits per heavy atom. The molecule has 1 fully saturated rings. The lowest BCUT2D eigenvalue weighted by Crippen LogP contribution is -2.52. The number of aryl methyl sites for hydroxylation is 1. The Labute approximate surface area is 158 Å². The molecule has 1 aliphatic rings. The van der Waals surface area contributed by atoms with E-state index in [-0.39, 0.29) is 0 Å². The number of guanidine groups is 1. The third kappa shape index (κ3) is 3.83. The summed E-state index contributed by atoms with van der Waals surface area (Å²) in [6.45, 7) is 7.36. The van der Waals surface area contributed by atoms with Crippen molar-refractivity contribution in [1.82, 2.24) is 20.3 Å². The molecule has 3 aromatic rings. The Kier molecular flexibility index (Phi) is 5.11. The van der Waals surface area contributed by atoms with Gasteiger partial charge in [-0.2, -0.15) is 0 Å². The SMILES string of the molecule is CN=C(NCc1oc2ccccc2c1C)N1CCN(Cc2ccon2)CC1. The first-order valence-electron chi connectivity index (χ1n) is 9.29. The zero-order chi connectivity index (χ0) is 18.6. The Morgan fingerprint density at radius 2 is 2.00 bits per heavy atom. The molecule has 7 nitrogen and oxygen atoms in total. The second-order valence-electron chi connectivity index (χ2n) is 6.80. The molecule has 0 atom stereocenters. The van der Waals surface area contributed by atoms with Gasteiger partial charge in [-0.1, -0.05) is 23.4 Å². The van der Waals surface area contributed by atoms with Crippen LogP contribution in [0.1, 0.15) is 17.0 Å². The van der Waals surface area contributed by atoms with Gasteiger partial charge in [0.2, 0.25) is 0 Å². The highest BCUT2D eigenvalue weighted by atomic mass is 16.5. The molecular weight excluding hydrogens is 342 g/mol. The van der Waals surface area contributed by atoms with Gasteiger partial charge in [-0.25, -0.2) is 0 Å². The number of aromatic nitrogens is 1. The summed E-state index contributed by atoms with van der Waals surface area (Å²) in [6.07, 6.45) is 1.62. The molecule has 0 spiro atoms. The third-order valence-electron chi connectivity index (χ3n) is 5.11. The van der Waals surface area contributed by atoms with Gasteiger partial charge in [0.05, 0.1) is 12.2 Å². The zero-order valence-electron chi connectivity index (χ0n) is 15.8. The molecular formula is C20H25N5O2. The standard InChI is InChI=1S/C20H25N5O2/c1-15-17-5-3-4-6-18(17)27-19(15)13-22-20(21-2)25-10-8-24(9-11-25)14-16-7-12-26-23-16/h3-7,12H,8-11,13-14H2,1-2H3,(H,21,22). The fourth-order valence-electron chi connectivity index (χ4n) is 3.55. The van der Waals surface area contributed by atoms with E-state index < -0.39 is 0 Å². The van der Waals surface area contributed by atoms with E-state index in [1.807, 2.05) is 31.3 Å². The van der Waals surface area contributed by atoms with Gasteiger partial charge in [-0.15, -0.1) is 0 Å². The molecule has 142 valence electrons. The van der Waals surface area contributed by atoms with E-state index in [9.17, 15) is 0 Å². The summed E-state index contributed by atoms with van der Waals surface area (Å²) in [5.74, 6) is 1.87. The zero-order valence-corrected chi connectivity index (χ0v) is 15.8. The van der Waals surface area contributed by atoms with Crippen LogP contribution >= 0.6 is 0 Å². The lowest BCUT2D eigenvalue weighted by Gasteiger charge is -2.36. The third-order valence-corrected chi connectivity index (χ3v) is 5.11. The van der Waals surface area contributed by atoms with E-state index in [0.29, 0.717) is 6.54 Å². The van der Waals surface area contributed by atoms with Crippen molar-refractivity contribution < 1.29 is 8.94 Å². The molecule has 27 heavy (non-hydrogen) atoms. The number of nitrogens with zero attached hydrogens (tertiary/aromatic N) is 4. The van der Waals surface area contributed by atoms with E-state index in [0.717, 1.165) is 55.7 Å². The predicted octanol–water partition coefficient (Wildman–Crippen LogP) is 2.62. The number of hydrogen-bond acceptors (Lipinski definition) is 5. The Hall–Kier alpha value is -2.80. The minimum absolute atomic E-state index is 0.631. The van der Waals surface area contributed by atoms with Crippen LogP contribution in [0.5, 0.6) is 0 Å². The molecule has 1 aromatic carbocycles. The fraction of sp³-hybridized carbons (Fsp3) is 0.400. The van der Waals surface area contributed by atoms with Crippen LogP contribution in [0.3, 0.4) is 0 Å². The van der Waals surface area contributed by atoms with E-state index in [2.05, 4.69) is 38.3 Å². The van der Waals surface area contributed by atoms with Crippen molar-refractivity contribution in [2.24, 2.45) is 4.99 Å². The average molecular weight is 367 g/mol. The number of fused-ring (bicyclic) bond motifs is 1. The molecule has 0 unspecified atom stereocenters. The number of piperazine rings is 1. The molecule has 0 radical (unpaired) electrons. The topological polar surface area (TPSA) is 70.0 Å². The smallest absolute Gasteiger partial charge is 0.194 e. The number of para-hydroxylation sites is 1. The van der Waals surface area contributed by atoms with Gasteiger partial charge in [0, 0.05) is 56.8 Å². The first-order valence-corrected chi connectivity index (χ1v) is 9.29. The summed E-state index contributed by atoms with van der Waals surface area (Å²) in [5.41, 5.74) is 3.10. The highest BCUT2D eigenvalue weighted by Crippen LogP contribution is 2.24. The summed E-state index contributed by atoms with van der Waals surface area (Å²) < 4.78 is 10.9. The summed E-state index contributed by atoms with van der Waals surface area (Å²) in [4.78, 5) is 9.12. The van der Waals surface area contributed by atoms with Crippen LogP contribution in [0.15, 0.2) is 50.5 Å². The molecule has 0 bridgehead atoms. The summed E-state index contributed by atoms with van der Waals surface area (Å²) >= 11 is 0. The van der Waals surface area contributed by atoms with E-state index in [4.69, 9.17) is 8.94 Å². The van der Waals surface area contributed by atoms with E-state index in [1.54, 1.807) is 6.26 Å². The molecule has 2 aromatic heterocycles. The van der Waals surface area contributed by atoms with Gasteiger partial charge < -0.3 is 19.2 Å². The van der Waals surface area contributed by atoms with Crippen LogP contribution in [0.25, 0.3) is 11.0 Å². The van der Waals surface area contributed by atoms with E-state index >= 15 is 0 Å². The van der Waals surface area contributed by atoms with Gasteiger partial charge in [-0.05, 0) is 13.0 Å². The quantitative estimate of drug-likeness (QED) is 0.565. The van der Waals surface area contributed by atoms with Gasteiger partial charge in [0.15, 0.2) is 5.96 Å². The summed E-state index contributed by atoms with van der Waals surface area (Å²) in [7, 11) is 1.83. The van der Waals surface area contributed by atoms with Crippen molar-refractivity contribution in [3.63, 3.8) is 0 Å². The highest BCUT2D eigenvalue weighted by molar-refractivity contribution is 5.83. The molecule has 1 aliphatic heterocycles. The number of benzene rings is 1. The maximum atomic E-state index is 6.00. The lowest BCUT2D eigenvalue weighted by atomic mass is 10.1. The second-order valence-corrected chi connectivity index (χ2v) is 6.80. The number of nitrogens with one attached hydrogen (secondary N) is 1. The predicted molar refractivity (Wildman–Crippen MR) is 105 cm³/mol. The maximum Gasteiger partial charge on any atom is 0.194 e. The number of furan rings is 1. The molecule has 1 saturated heterocycles. The summed E-state index contributed by atoms with van der Waals surface area (Å²) in [6, 6.07) is 10.1. The lowest BCUT2D eigenvalue weighted by molar-refractivity contribution is 0.169. The molecule has 0 aliphatic carbocycles. The van der Waals surface area contributed by atoms with Crippen molar-refractivity contribution in [2.75, 3.05) is 33.2 Å². The fourth-order valence-corrected chi connectivity index (χ4v) is 3.55. The number of aliphatic imine (C=N–C) groups is 1. The van der Waals surface area contributed by atoms with Crippen molar-refractivity contribution in [3.8, 4) is 0 Å². The minimum atomic E-state index is 0.631. The van der Waals surface area contributed by atoms with Gasteiger partial charge in [-0.3, -0.25) is 9.89 Å². The van der Waals surface area contributed by atoms with Crippen molar-refractivity contribution >= 4 is 16.9 Å². The van der Waals surface area contributed by atoms with Crippen LogP contribution < -0.4 is 5.32 Å². The van der Waals surface area contributed by atoms with Gasteiger partial charge in [0.1, 0.15) is 17.6 Å². The van der Waals surface area contributed by atoms with Crippen LogP contribution in [-0.4, -0.2) is 54.1 Å². The average Bonchev–Trinajstić information content (AvgIpc) is 3.32. The normalized spacial score (nSPS) is 16.2. The Bertz CT molecular complexity index is 908. The second kappa shape index (κ2) is 7.84. The summed E-state index contributed by atoms with van der Waals surface area (Å²) in [5, 5.41) is 8.62. The van der Waals surface area contributed by atoms with Crippen molar-refractivity contribution in [1.29, 1.82) is 0 Å². The van der Waals surface area contributed by atoms with Crippen LogP contribution in [0.2, 0.25) is 0 Å². The largest absolute Gasteiger partial charge is 0.459 e. The van der Waals surface area contributed by atoms with Crippen molar-refractivity contribution in [2.45, 2.75) is 20.0 Å². The first kappa shape index (κ1) is 17.6. The Morgan fingerprint density at radius 3 is 2.70 bits per heavy atom. The highest BCUT2D eigenvalue weighted by Gasteiger charge is 2.20. The van der Waals surface area contributed by atoms with Crippen LogP contribution in [-0.2, 0) is 13.1 Å². The molecule has 7 heteroatoms. The van der Waals surface area contributed by atoms with E-state index in [1.165, 1.54) is 10.9 Å². The first-order chi connectivity index (χ1) is 13.2. The number of hydrogen-bond donors (Lipinski definition) is 1. The maximum absolute atomic E-state index is 6.00.